The first kappa shape index (κ1) is 36.4. The lowest BCUT2D eigenvalue weighted by atomic mass is 9.94. The molecule has 0 unspecified atom stereocenters. The molecule has 4 aromatic rings. The highest BCUT2D eigenvalue weighted by Gasteiger charge is 2.36. The molecule has 258 valence electrons. The number of aryl methyl sites for hydroxylation is 3. The first-order valence-electron chi connectivity index (χ1n) is 16.7. The Labute approximate surface area is 300 Å². The normalized spacial score (nSPS) is 14.2. The van der Waals surface area contributed by atoms with Gasteiger partial charge in [-0.3, -0.25) is 13.9 Å². The van der Waals surface area contributed by atoms with E-state index in [0.717, 1.165) is 58.7 Å². The van der Waals surface area contributed by atoms with Crippen molar-refractivity contribution in [1.29, 1.82) is 0 Å². The minimum atomic E-state index is -4.20. The Morgan fingerprint density at radius 3 is 2.18 bits per heavy atom. The van der Waals surface area contributed by atoms with Gasteiger partial charge >= 0.3 is 0 Å². The van der Waals surface area contributed by atoms with Crippen molar-refractivity contribution >= 4 is 50.7 Å². The predicted octanol–water partition coefficient (Wildman–Crippen LogP) is 8.20. The van der Waals surface area contributed by atoms with E-state index in [0.29, 0.717) is 21.3 Å². The quantitative estimate of drug-likeness (QED) is 0.160. The number of hydrogen-bond acceptors (Lipinski definition) is 4. The molecule has 2 amide bonds. The lowest BCUT2D eigenvalue weighted by Crippen LogP contribution is -2.55. The van der Waals surface area contributed by atoms with Crippen LogP contribution in [0.4, 0.5) is 5.69 Å². The summed E-state index contributed by atoms with van der Waals surface area (Å²) in [5.74, 6) is -0.826. The Kier molecular flexibility index (Phi) is 12.1. The van der Waals surface area contributed by atoms with E-state index in [1.165, 1.54) is 4.90 Å². The molecule has 10 heteroatoms. The second-order valence-electron chi connectivity index (χ2n) is 12.9. The van der Waals surface area contributed by atoms with E-state index < -0.39 is 28.5 Å². The van der Waals surface area contributed by atoms with Gasteiger partial charge in [0.05, 0.1) is 10.6 Å². The van der Waals surface area contributed by atoms with Crippen LogP contribution in [0.3, 0.4) is 0 Å². The number of sulfonamides is 1. The summed E-state index contributed by atoms with van der Waals surface area (Å²) in [6.45, 7) is 5.16. The van der Waals surface area contributed by atoms with E-state index in [2.05, 4.69) is 5.32 Å². The molecule has 0 bridgehead atoms. The van der Waals surface area contributed by atoms with E-state index in [1.807, 2.05) is 57.2 Å². The van der Waals surface area contributed by atoms with Gasteiger partial charge in [0.1, 0.15) is 12.6 Å². The van der Waals surface area contributed by atoms with Gasteiger partial charge in [0.25, 0.3) is 10.0 Å². The van der Waals surface area contributed by atoms with Crippen LogP contribution in [0, 0.1) is 20.8 Å². The topological polar surface area (TPSA) is 86.8 Å². The number of hydrogen-bond donors (Lipinski definition) is 1. The SMILES string of the molecule is Cc1ccc(S(=O)(=O)N(CC(=O)N(Cc2ccc(Cl)cc2Cl)[C@H](Cc2ccccc2)C(=O)NC2CCCCC2)c2ccc(C)c(C)c2)cc1. The van der Waals surface area contributed by atoms with E-state index in [-0.39, 0.29) is 29.8 Å². The van der Waals surface area contributed by atoms with Crippen LogP contribution in [0.1, 0.15) is 59.9 Å². The first-order valence-corrected chi connectivity index (χ1v) is 18.9. The number of amides is 2. The van der Waals surface area contributed by atoms with E-state index >= 15 is 0 Å². The Morgan fingerprint density at radius 1 is 0.837 bits per heavy atom. The van der Waals surface area contributed by atoms with Gasteiger partial charge in [-0.1, -0.05) is 103 Å². The molecule has 1 N–H and O–H groups in total. The maximum Gasteiger partial charge on any atom is 0.264 e. The van der Waals surface area contributed by atoms with Crippen molar-refractivity contribution in [1.82, 2.24) is 10.2 Å². The third-order valence-electron chi connectivity index (χ3n) is 9.24. The smallest absolute Gasteiger partial charge is 0.264 e. The number of anilines is 1. The number of benzene rings is 4. The fourth-order valence-corrected chi connectivity index (χ4v) is 8.05. The molecular formula is C39H43Cl2N3O4S. The largest absolute Gasteiger partial charge is 0.352 e. The van der Waals surface area contributed by atoms with Crippen molar-refractivity contribution in [2.24, 2.45) is 0 Å². The van der Waals surface area contributed by atoms with Crippen molar-refractivity contribution < 1.29 is 18.0 Å². The van der Waals surface area contributed by atoms with Gasteiger partial charge in [-0.25, -0.2) is 8.42 Å². The lowest BCUT2D eigenvalue weighted by molar-refractivity contribution is -0.140. The highest BCUT2D eigenvalue weighted by molar-refractivity contribution is 7.92. The molecule has 0 aliphatic heterocycles. The summed E-state index contributed by atoms with van der Waals surface area (Å²) < 4.78 is 29.8. The number of halogens is 2. The maximum absolute atomic E-state index is 14.8. The zero-order chi connectivity index (χ0) is 35.1. The van der Waals surface area contributed by atoms with Crippen LogP contribution in [0.5, 0.6) is 0 Å². The van der Waals surface area contributed by atoms with Gasteiger partial charge in [0, 0.05) is 29.1 Å². The molecule has 5 rings (SSSR count). The zero-order valence-electron chi connectivity index (χ0n) is 28.2. The van der Waals surface area contributed by atoms with Gasteiger partial charge < -0.3 is 10.2 Å². The number of nitrogens with zero attached hydrogens (tertiary/aromatic N) is 2. The molecule has 7 nitrogen and oxygen atoms in total. The highest BCUT2D eigenvalue weighted by atomic mass is 35.5. The number of rotatable bonds is 12. The summed E-state index contributed by atoms with van der Waals surface area (Å²) in [5, 5.41) is 4.01. The molecule has 49 heavy (non-hydrogen) atoms. The highest BCUT2D eigenvalue weighted by Crippen LogP contribution is 2.29. The number of carbonyl (C=O) groups is 2. The standard InChI is InChI=1S/C39H43Cl2N3O4S/c1-27-14-20-35(21-15-27)49(47,48)44(34-19-16-28(2)29(3)22-34)26-38(45)43(25-31-17-18-32(40)24-36(31)41)37(23-30-10-6-4-7-11-30)39(46)42-33-12-8-5-9-13-33/h4,6-7,10-11,14-22,24,33,37H,5,8-9,12-13,23,25-26H2,1-3H3,(H,42,46)/t37-/m1/s1. The molecule has 1 fully saturated rings. The second kappa shape index (κ2) is 16.2. The Hall–Kier alpha value is -3.85. The van der Waals surface area contributed by atoms with Crippen molar-refractivity contribution in [3.8, 4) is 0 Å². The van der Waals surface area contributed by atoms with Gasteiger partial charge in [-0.05, 0) is 92.3 Å². The number of nitrogens with one attached hydrogen (secondary N) is 1. The van der Waals surface area contributed by atoms with Crippen LogP contribution in [-0.2, 0) is 32.6 Å². The molecule has 1 atom stereocenters. The maximum atomic E-state index is 14.8. The average Bonchev–Trinajstić information content (AvgIpc) is 3.08. The second-order valence-corrected chi connectivity index (χ2v) is 15.6. The third-order valence-corrected chi connectivity index (χ3v) is 11.6. The molecular weight excluding hydrogens is 677 g/mol. The van der Waals surface area contributed by atoms with Crippen LogP contribution in [0.25, 0.3) is 0 Å². The summed E-state index contributed by atoms with van der Waals surface area (Å²) in [7, 11) is -4.20. The van der Waals surface area contributed by atoms with Crippen LogP contribution in [0.2, 0.25) is 10.0 Å². The fraction of sp³-hybridized carbons (Fsp3) is 0.333. The minimum absolute atomic E-state index is 0.00421. The van der Waals surface area contributed by atoms with Crippen LogP contribution in [-0.4, -0.2) is 43.8 Å². The number of carbonyl (C=O) groups excluding carboxylic acids is 2. The molecule has 0 radical (unpaired) electrons. The molecule has 1 aliphatic carbocycles. The Bertz CT molecular complexity index is 1880. The monoisotopic (exact) mass is 719 g/mol. The summed E-state index contributed by atoms with van der Waals surface area (Å²) in [6, 6.07) is 25.5. The molecule has 0 saturated heterocycles. The Balaban J connectivity index is 1.59. The Morgan fingerprint density at radius 2 is 1.53 bits per heavy atom. The summed E-state index contributed by atoms with van der Waals surface area (Å²) >= 11 is 12.9. The third kappa shape index (κ3) is 9.24. The predicted molar refractivity (Wildman–Crippen MR) is 198 cm³/mol. The molecule has 0 aromatic heterocycles. The van der Waals surface area contributed by atoms with Crippen LogP contribution >= 0.6 is 23.2 Å². The summed E-state index contributed by atoms with van der Waals surface area (Å²) in [4.78, 5) is 30.6. The van der Waals surface area contributed by atoms with Crippen molar-refractivity contribution in [3.63, 3.8) is 0 Å². The fourth-order valence-electron chi connectivity index (χ4n) is 6.18. The van der Waals surface area contributed by atoms with E-state index in [9.17, 15) is 18.0 Å². The van der Waals surface area contributed by atoms with Crippen LogP contribution in [0.15, 0.2) is 95.9 Å². The molecule has 4 aromatic carbocycles. The average molecular weight is 721 g/mol. The van der Waals surface area contributed by atoms with Gasteiger partial charge in [0.15, 0.2) is 0 Å². The molecule has 1 saturated carbocycles. The van der Waals surface area contributed by atoms with Crippen molar-refractivity contribution in [3.05, 3.63) is 129 Å². The zero-order valence-corrected chi connectivity index (χ0v) is 30.5. The van der Waals surface area contributed by atoms with Gasteiger partial charge in [-0.2, -0.15) is 0 Å². The van der Waals surface area contributed by atoms with Crippen molar-refractivity contribution in [2.75, 3.05) is 10.8 Å². The molecule has 0 spiro atoms. The lowest BCUT2D eigenvalue weighted by Gasteiger charge is -2.35. The van der Waals surface area contributed by atoms with Crippen LogP contribution < -0.4 is 9.62 Å². The minimum Gasteiger partial charge on any atom is -0.352 e. The summed E-state index contributed by atoms with van der Waals surface area (Å²) in [6.07, 6.45) is 5.15. The van der Waals surface area contributed by atoms with E-state index in [1.54, 1.807) is 54.6 Å². The van der Waals surface area contributed by atoms with Gasteiger partial charge in [0.2, 0.25) is 11.8 Å². The first-order chi connectivity index (χ1) is 23.4. The van der Waals surface area contributed by atoms with E-state index in [4.69, 9.17) is 23.2 Å². The summed E-state index contributed by atoms with van der Waals surface area (Å²) in [5.41, 5.74) is 4.59. The molecule has 1 aliphatic rings. The van der Waals surface area contributed by atoms with Crippen molar-refractivity contribution in [2.45, 2.75) is 82.8 Å². The molecule has 0 heterocycles. The van der Waals surface area contributed by atoms with Gasteiger partial charge in [-0.15, -0.1) is 0 Å².